The molecule has 132 valence electrons. The Labute approximate surface area is 146 Å². The van der Waals surface area contributed by atoms with E-state index in [4.69, 9.17) is 4.74 Å². The number of hydrogen-bond donors (Lipinski definition) is 0. The number of carbonyl (C=O) groups is 2. The van der Waals surface area contributed by atoms with E-state index in [0.717, 1.165) is 25.7 Å². The van der Waals surface area contributed by atoms with Crippen LogP contribution in [-0.2, 0) is 9.53 Å². The summed E-state index contributed by atoms with van der Waals surface area (Å²) in [6.07, 6.45) is 3.45. The molecule has 1 heterocycles. The first-order valence-corrected chi connectivity index (χ1v) is 9.49. The molecule has 4 nitrogen and oxygen atoms in total. The highest BCUT2D eigenvalue weighted by molar-refractivity contribution is 8.00. The average molecular weight is 353 g/mol. The van der Waals surface area contributed by atoms with Crippen LogP contribution in [0.4, 0.5) is 4.39 Å². The topological polar surface area (TPSA) is 46.6 Å². The van der Waals surface area contributed by atoms with Gasteiger partial charge in [0.05, 0.1) is 12.0 Å². The molecule has 2 atom stereocenters. The van der Waals surface area contributed by atoms with E-state index in [1.54, 1.807) is 22.7 Å². The lowest BCUT2D eigenvalue weighted by Gasteiger charge is -2.28. The number of thioether (sulfide) groups is 1. The predicted molar refractivity (Wildman–Crippen MR) is 93.4 cm³/mol. The van der Waals surface area contributed by atoms with Crippen LogP contribution in [0.5, 0.6) is 0 Å². The highest BCUT2D eigenvalue weighted by atomic mass is 32.2. The van der Waals surface area contributed by atoms with Gasteiger partial charge in [0.1, 0.15) is 11.9 Å². The second-order valence-electron chi connectivity index (χ2n) is 5.84. The molecule has 2 rings (SSSR count). The fourth-order valence-electron chi connectivity index (χ4n) is 2.67. The van der Waals surface area contributed by atoms with Gasteiger partial charge < -0.3 is 9.64 Å². The summed E-state index contributed by atoms with van der Waals surface area (Å²) < 4.78 is 18.8. The number of hydrogen-bond acceptors (Lipinski definition) is 4. The van der Waals surface area contributed by atoms with Crippen molar-refractivity contribution in [2.24, 2.45) is 0 Å². The van der Waals surface area contributed by atoms with Gasteiger partial charge in [-0.3, -0.25) is 4.79 Å². The summed E-state index contributed by atoms with van der Waals surface area (Å²) in [6.45, 7) is 4.44. The van der Waals surface area contributed by atoms with Crippen LogP contribution in [0.1, 0.15) is 49.9 Å². The highest BCUT2D eigenvalue weighted by Crippen LogP contribution is 2.34. The Kier molecular flexibility index (Phi) is 7.09. The van der Waals surface area contributed by atoms with E-state index in [1.807, 2.05) is 13.8 Å². The number of carbonyl (C=O) groups excluding carboxylic acids is 2. The SMILES string of the molecule is CCCCOC(=O)[C@H]1CS[C@H](CCC)N1C(=O)c1cccc(F)c1. The number of nitrogens with zero attached hydrogens (tertiary/aromatic N) is 1. The number of rotatable bonds is 7. The molecule has 0 unspecified atom stereocenters. The van der Waals surface area contributed by atoms with E-state index < -0.39 is 11.9 Å². The van der Waals surface area contributed by atoms with E-state index in [9.17, 15) is 14.0 Å². The summed E-state index contributed by atoms with van der Waals surface area (Å²) in [4.78, 5) is 26.8. The first-order valence-electron chi connectivity index (χ1n) is 8.45. The van der Waals surface area contributed by atoms with Gasteiger partial charge in [-0.2, -0.15) is 0 Å². The van der Waals surface area contributed by atoms with Gasteiger partial charge in [-0.25, -0.2) is 9.18 Å². The summed E-state index contributed by atoms with van der Waals surface area (Å²) in [5.41, 5.74) is 0.268. The lowest BCUT2D eigenvalue weighted by Crippen LogP contribution is -2.46. The first kappa shape index (κ1) is 18.8. The van der Waals surface area contributed by atoms with E-state index in [-0.39, 0.29) is 22.8 Å². The van der Waals surface area contributed by atoms with Crippen LogP contribution in [0, 0.1) is 5.82 Å². The van der Waals surface area contributed by atoms with Crippen molar-refractivity contribution in [2.45, 2.75) is 50.9 Å². The molecule has 1 amide bonds. The summed E-state index contributed by atoms with van der Waals surface area (Å²) in [7, 11) is 0. The molecular formula is C18H24FNO3S. The zero-order valence-corrected chi connectivity index (χ0v) is 15.0. The lowest BCUT2D eigenvalue weighted by molar-refractivity contribution is -0.148. The fraction of sp³-hybridized carbons (Fsp3) is 0.556. The van der Waals surface area contributed by atoms with Crippen molar-refractivity contribution in [2.75, 3.05) is 12.4 Å². The summed E-state index contributed by atoms with van der Waals surface area (Å²) >= 11 is 1.59. The molecule has 0 N–H and O–H groups in total. The Bertz CT molecular complexity index is 581. The van der Waals surface area contributed by atoms with E-state index >= 15 is 0 Å². The molecule has 1 saturated heterocycles. The Hall–Kier alpha value is -1.56. The molecule has 1 aliphatic rings. The van der Waals surface area contributed by atoms with Crippen molar-refractivity contribution >= 4 is 23.6 Å². The van der Waals surface area contributed by atoms with Crippen molar-refractivity contribution in [1.29, 1.82) is 0 Å². The van der Waals surface area contributed by atoms with Crippen LogP contribution in [0.3, 0.4) is 0 Å². The molecule has 1 aromatic carbocycles. The quantitative estimate of drug-likeness (QED) is 0.552. The van der Waals surface area contributed by atoms with Crippen LogP contribution in [0.2, 0.25) is 0 Å². The van der Waals surface area contributed by atoms with E-state index in [1.165, 1.54) is 18.2 Å². The second-order valence-corrected chi connectivity index (χ2v) is 7.05. The molecule has 24 heavy (non-hydrogen) atoms. The third-order valence-electron chi connectivity index (χ3n) is 3.95. The molecule has 0 radical (unpaired) electrons. The summed E-state index contributed by atoms with van der Waals surface area (Å²) in [6, 6.07) is 5.01. The van der Waals surface area contributed by atoms with Gasteiger partial charge in [0.15, 0.2) is 0 Å². The third-order valence-corrected chi connectivity index (χ3v) is 5.30. The molecule has 0 aliphatic carbocycles. The molecule has 0 bridgehead atoms. The van der Waals surface area contributed by atoms with Gasteiger partial charge in [0.25, 0.3) is 5.91 Å². The minimum absolute atomic E-state index is 0.0745. The Morgan fingerprint density at radius 3 is 2.79 bits per heavy atom. The third kappa shape index (κ3) is 4.50. The number of benzene rings is 1. The van der Waals surface area contributed by atoms with Crippen LogP contribution >= 0.6 is 11.8 Å². The second kappa shape index (κ2) is 9.06. The lowest BCUT2D eigenvalue weighted by atomic mass is 10.1. The average Bonchev–Trinajstić information content (AvgIpc) is 2.98. The van der Waals surface area contributed by atoms with Crippen LogP contribution in [0.25, 0.3) is 0 Å². The molecule has 1 aromatic rings. The van der Waals surface area contributed by atoms with Crippen LogP contribution in [-0.4, -0.2) is 40.6 Å². The molecular weight excluding hydrogens is 329 g/mol. The predicted octanol–water partition coefficient (Wildman–Crippen LogP) is 3.85. The minimum atomic E-state index is -0.598. The zero-order valence-electron chi connectivity index (χ0n) is 14.2. The zero-order chi connectivity index (χ0) is 17.5. The van der Waals surface area contributed by atoms with Crippen molar-refractivity contribution in [3.63, 3.8) is 0 Å². The first-order chi connectivity index (χ1) is 11.6. The smallest absolute Gasteiger partial charge is 0.329 e. The van der Waals surface area contributed by atoms with Gasteiger partial charge in [-0.05, 0) is 31.0 Å². The number of amides is 1. The largest absolute Gasteiger partial charge is 0.464 e. The Morgan fingerprint density at radius 1 is 1.33 bits per heavy atom. The standard InChI is InChI=1S/C18H24FNO3S/c1-3-5-10-23-18(22)15-12-24-16(7-4-2)20(15)17(21)13-8-6-9-14(19)11-13/h6,8-9,11,15-16H,3-5,7,10,12H2,1-2H3/t15-,16-/m1/s1. The number of unbranched alkanes of at least 4 members (excludes halogenated alkanes) is 1. The van der Waals surface area contributed by atoms with E-state index in [0.29, 0.717) is 12.4 Å². The van der Waals surface area contributed by atoms with Gasteiger partial charge >= 0.3 is 5.97 Å². The Morgan fingerprint density at radius 2 is 2.12 bits per heavy atom. The minimum Gasteiger partial charge on any atom is -0.464 e. The molecule has 0 aromatic heterocycles. The number of ether oxygens (including phenoxy) is 1. The van der Waals surface area contributed by atoms with Crippen molar-refractivity contribution in [3.05, 3.63) is 35.6 Å². The summed E-state index contributed by atoms with van der Waals surface area (Å²) in [5, 5.41) is -0.0745. The van der Waals surface area contributed by atoms with Gasteiger partial charge in [-0.1, -0.05) is 32.8 Å². The maximum Gasteiger partial charge on any atom is 0.329 e. The Balaban J connectivity index is 2.18. The summed E-state index contributed by atoms with van der Waals surface area (Å²) in [5.74, 6) is -0.604. The van der Waals surface area contributed by atoms with Gasteiger partial charge in [-0.15, -0.1) is 11.8 Å². The fourth-order valence-corrected chi connectivity index (χ4v) is 4.18. The molecule has 0 saturated carbocycles. The normalized spacial score (nSPS) is 20.2. The monoisotopic (exact) mass is 353 g/mol. The highest BCUT2D eigenvalue weighted by Gasteiger charge is 2.42. The van der Waals surface area contributed by atoms with Crippen molar-refractivity contribution in [3.8, 4) is 0 Å². The number of halogens is 1. The number of esters is 1. The van der Waals surface area contributed by atoms with Gasteiger partial charge in [0.2, 0.25) is 0 Å². The van der Waals surface area contributed by atoms with Gasteiger partial charge in [0, 0.05) is 11.3 Å². The molecule has 1 fully saturated rings. The van der Waals surface area contributed by atoms with Crippen molar-refractivity contribution < 1.29 is 18.7 Å². The van der Waals surface area contributed by atoms with E-state index in [2.05, 4.69) is 0 Å². The maximum absolute atomic E-state index is 13.5. The molecule has 0 spiro atoms. The maximum atomic E-state index is 13.5. The van der Waals surface area contributed by atoms with Crippen molar-refractivity contribution in [1.82, 2.24) is 4.90 Å². The molecule has 1 aliphatic heterocycles. The van der Waals surface area contributed by atoms with Crippen LogP contribution < -0.4 is 0 Å². The molecule has 6 heteroatoms. The van der Waals surface area contributed by atoms with Crippen LogP contribution in [0.15, 0.2) is 24.3 Å².